The van der Waals surface area contributed by atoms with E-state index in [0.29, 0.717) is 35.1 Å². The number of aromatic hydroxyl groups is 1. The van der Waals surface area contributed by atoms with Gasteiger partial charge in [0.1, 0.15) is 22.8 Å². The summed E-state index contributed by atoms with van der Waals surface area (Å²) in [5.41, 5.74) is 1.59. The SMILES string of the molecule is CC.O=C(NC1CC2(CC2)C1)c1c(O)c2cc(-c3ccc(F)cc3)cnc2n(CCN2CC3(COC3)C2)c1=O. The summed E-state index contributed by atoms with van der Waals surface area (Å²) in [5.74, 6) is -1.25. The molecule has 0 atom stereocenters. The molecule has 0 radical (unpaired) electrons. The van der Waals surface area contributed by atoms with E-state index in [0.717, 1.165) is 44.7 Å². The Labute approximate surface area is 226 Å². The Balaban J connectivity index is 0.00000135. The first-order valence-corrected chi connectivity index (χ1v) is 14.0. The first kappa shape index (κ1) is 26.0. The van der Waals surface area contributed by atoms with Crippen molar-refractivity contribution < 1.29 is 19.0 Å². The number of rotatable bonds is 6. The molecule has 39 heavy (non-hydrogen) atoms. The molecule has 2 saturated heterocycles. The molecule has 2 aromatic heterocycles. The predicted molar refractivity (Wildman–Crippen MR) is 146 cm³/mol. The van der Waals surface area contributed by atoms with Crippen molar-refractivity contribution in [3.05, 3.63) is 58.3 Å². The molecular formula is C30H35FN4O4. The zero-order valence-corrected chi connectivity index (χ0v) is 22.5. The van der Waals surface area contributed by atoms with E-state index in [-0.39, 0.29) is 28.6 Å². The van der Waals surface area contributed by atoms with Crippen LogP contribution in [0.3, 0.4) is 0 Å². The molecule has 2 aliphatic heterocycles. The lowest BCUT2D eigenvalue weighted by Crippen LogP contribution is -2.66. The highest BCUT2D eigenvalue weighted by Crippen LogP contribution is 2.60. The number of hydrogen-bond donors (Lipinski definition) is 2. The quantitative estimate of drug-likeness (QED) is 0.497. The zero-order chi connectivity index (χ0) is 27.4. The second-order valence-corrected chi connectivity index (χ2v) is 11.6. The fourth-order valence-electron chi connectivity index (χ4n) is 6.33. The van der Waals surface area contributed by atoms with Gasteiger partial charge in [0, 0.05) is 49.4 Å². The summed E-state index contributed by atoms with van der Waals surface area (Å²) in [6.45, 7) is 8.41. The number of hydrogen-bond acceptors (Lipinski definition) is 6. The number of ether oxygens (including phenoxy) is 1. The smallest absolute Gasteiger partial charge is 0.268 e. The molecule has 0 bridgehead atoms. The van der Waals surface area contributed by atoms with Gasteiger partial charge in [-0.3, -0.25) is 14.2 Å². The van der Waals surface area contributed by atoms with Gasteiger partial charge in [-0.2, -0.15) is 0 Å². The third kappa shape index (κ3) is 4.61. The molecule has 1 amide bonds. The first-order chi connectivity index (χ1) is 18.8. The van der Waals surface area contributed by atoms with E-state index in [2.05, 4.69) is 15.2 Å². The van der Waals surface area contributed by atoms with Gasteiger partial charge < -0.3 is 20.1 Å². The summed E-state index contributed by atoms with van der Waals surface area (Å²) in [7, 11) is 0. The van der Waals surface area contributed by atoms with Crippen molar-refractivity contribution in [2.75, 3.05) is 32.8 Å². The molecule has 8 nitrogen and oxygen atoms in total. The molecule has 2 N–H and O–H groups in total. The number of nitrogens with one attached hydrogen (secondary N) is 1. The number of benzene rings is 1. The standard InChI is InChI=1S/C28H29FN4O4.C2H6/c29-19-3-1-17(2-4-19)18-9-21-23(34)22(25(35)31-20-10-27(11-20)5-6-27)26(36)33(24(21)30-12-18)8-7-32-13-28(14-32)15-37-16-28;1-2/h1-4,9,12,20,34H,5-8,10-11,13-16H2,(H,31,35);1-2H3. The predicted octanol–water partition coefficient (Wildman–Crippen LogP) is 3.94. The zero-order valence-electron chi connectivity index (χ0n) is 22.5. The van der Waals surface area contributed by atoms with Crippen molar-refractivity contribution in [1.82, 2.24) is 19.8 Å². The normalized spacial score (nSPS) is 20.5. The van der Waals surface area contributed by atoms with Crippen LogP contribution in [-0.4, -0.2) is 64.4 Å². The number of amides is 1. The van der Waals surface area contributed by atoms with Gasteiger partial charge in [-0.1, -0.05) is 26.0 Å². The molecule has 3 aromatic rings. The van der Waals surface area contributed by atoms with Crippen LogP contribution in [0.5, 0.6) is 5.75 Å². The molecule has 206 valence electrons. The second-order valence-electron chi connectivity index (χ2n) is 11.6. The van der Waals surface area contributed by atoms with Crippen molar-refractivity contribution in [2.45, 2.75) is 52.1 Å². The van der Waals surface area contributed by atoms with Crippen molar-refractivity contribution >= 4 is 16.9 Å². The number of halogens is 1. The topological polar surface area (TPSA) is 96.7 Å². The van der Waals surface area contributed by atoms with Crippen LogP contribution < -0.4 is 10.9 Å². The Bertz CT molecular complexity index is 1460. The van der Waals surface area contributed by atoms with E-state index in [1.807, 2.05) is 13.8 Å². The highest BCUT2D eigenvalue weighted by molar-refractivity contribution is 6.02. The van der Waals surface area contributed by atoms with Crippen molar-refractivity contribution in [1.29, 1.82) is 0 Å². The van der Waals surface area contributed by atoms with Crippen LogP contribution in [0.15, 0.2) is 41.3 Å². The Morgan fingerprint density at radius 2 is 1.79 bits per heavy atom. The molecule has 1 aromatic carbocycles. The van der Waals surface area contributed by atoms with E-state index < -0.39 is 11.5 Å². The molecule has 4 fully saturated rings. The monoisotopic (exact) mass is 534 g/mol. The summed E-state index contributed by atoms with van der Waals surface area (Å²) in [6.07, 6.45) is 5.87. The van der Waals surface area contributed by atoms with Crippen molar-refractivity contribution in [3.63, 3.8) is 0 Å². The van der Waals surface area contributed by atoms with Crippen LogP contribution in [0, 0.1) is 16.6 Å². The molecule has 7 rings (SSSR count). The number of likely N-dealkylation sites (tertiary alicyclic amines) is 1. The summed E-state index contributed by atoms with van der Waals surface area (Å²) >= 11 is 0. The molecule has 4 heterocycles. The largest absolute Gasteiger partial charge is 0.506 e. The molecule has 9 heteroatoms. The number of carbonyl (C=O) groups excluding carboxylic acids is 1. The summed E-state index contributed by atoms with van der Waals surface area (Å²) in [5, 5.41) is 14.5. The summed E-state index contributed by atoms with van der Waals surface area (Å²) in [6, 6.07) is 7.72. The Hall–Kier alpha value is -3.30. The Kier molecular flexibility index (Phi) is 6.46. The summed E-state index contributed by atoms with van der Waals surface area (Å²) < 4.78 is 20.3. The molecule has 4 aliphatic rings. The maximum Gasteiger partial charge on any atom is 0.268 e. The molecule has 2 spiro atoms. The highest BCUT2D eigenvalue weighted by Gasteiger charge is 2.53. The Morgan fingerprint density at radius 3 is 2.41 bits per heavy atom. The Morgan fingerprint density at radius 1 is 1.10 bits per heavy atom. The van der Waals surface area contributed by atoms with Crippen molar-refractivity contribution in [3.8, 4) is 16.9 Å². The average Bonchev–Trinajstić information content (AvgIpc) is 3.66. The van der Waals surface area contributed by atoms with Crippen LogP contribution in [-0.2, 0) is 11.3 Å². The van der Waals surface area contributed by atoms with Crippen molar-refractivity contribution in [2.24, 2.45) is 10.8 Å². The minimum atomic E-state index is -0.541. The number of fused-ring (bicyclic) bond motifs is 1. The van der Waals surface area contributed by atoms with Gasteiger partial charge in [-0.25, -0.2) is 9.37 Å². The van der Waals surface area contributed by atoms with E-state index in [9.17, 15) is 19.1 Å². The number of pyridine rings is 2. The number of nitrogens with zero attached hydrogens (tertiary/aromatic N) is 3. The van der Waals surface area contributed by atoms with Gasteiger partial charge in [0.15, 0.2) is 0 Å². The van der Waals surface area contributed by atoms with Gasteiger partial charge >= 0.3 is 0 Å². The molecular weight excluding hydrogens is 499 g/mol. The molecule has 2 saturated carbocycles. The lowest BCUT2D eigenvalue weighted by Gasteiger charge is -2.55. The van der Waals surface area contributed by atoms with Crippen LogP contribution in [0.1, 0.15) is 49.9 Å². The minimum Gasteiger partial charge on any atom is -0.506 e. The van der Waals surface area contributed by atoms with Crippen LogP contribution in [0.4, 0.5) is 4.39 Å². The fraction of sp³-hybridized carbons (Fsp3) is 0.500. The fourth-order valence-corrected chi connectivity index (χ4v) is 6.33. The van der Waals surface area contributed by atoms with Gasteiger partial charge in [-0.05, 0) is 54.9 Å². The van der Waals surface area contributed by atoms with Gasteiger partial charge in [0.2, 0.25) is 0 Å². The second kappa shape index (κ2) is 9.71. The van der Waals surface area contributed by atoms with Crippen LogP contribution in [0.2, 0.25) is 0 Å². The van der Waals surface area contributed by atoms with Gasteiger partial charge in [0.25, 0.3) is 11.5 Å². The minimum absolute atomic E-state index is 0.0311. The number of carbonyl (C=O) groups is 1. The first-order valence-electron chi connectivity index (χ1n) is 14.0. The maximum absolute atomic E-state index is 13.6. The average molecular weight is 535 g/mol. The maximum atomic E-state index is 13.6. The van der Waals surface area contributed by atoms with Gasteiger partial charge in [0.05, 0.1) is 18.6 Å². The van der Waals surface area contributed by atoms with E-state index in [4.69, 9.17) is 4.74 Å². The lowest BCUT2D eigenvalue weighted by atomic mass is 9.77. The molecule has 2 aliphatic carbocycles. The van der Waals surface area contributed by atoms with Crippen LogP contribution >= 0.6 is 0 Å². The van der Waals surface area contributed by atoms with E-state index >= 15 is 0 Å². The number of aromatic nitrogens is 2. The van der Waals surface area contributed by atoms with E-state index in [1.165, 1.54) is 29.5 Å². The third-order valence-electron chi connectivity index (χ3n) is 8.70. The van der Waals surface area contributed by atoms with Crippen LogP contribution in [0.25, 0.3) is 22.2 Å². The molecule has 0 unspecified atom stereocenters. The summed E-state index contributed by atoms with van der Waals surface area (Å²) in [4.78, 5) is 33.7. The highest BCUT2D eigenvalue weighted by atomic mass is 19.1. The van der Waals surface area contributed by atoms with E-state index in [1.54, 1.807) is 24.4 Å². The third-order valence-corrected chi connectivity index (χ3v) is 8.70. The lowest BCUT2D eigenvalue weighted by molar-refractivity contribution is -0.189. The van der Waals surface area contributed by atoms with Gasteiger partial charge in [-0.15, -0.1) is 0 Å².